The van der Waals surface area contributed by atoms with E-state index in [1.165, 1.54) is 25.7 Å². The zero-order valence-electron chi connectivity index (χ0n) is 13.1. The quantitative estimate of drug-likeness (QED) is 0.494. The van der Waals surface area contributed by atoms with Crippen LogP contribution in [0.3, 0.4) is 0 Å². The SMILES string of the molecule is CN(C)c1nc(NN)nc(NCCN(C)C2CCCC2)n1. The summed E-state index contributed by atoms with van der Waals surface area (Å²) < 4.78 is 0. The van der Waals surface area contributed by atoms with Crippen LogP contribution < -0.4 is 21.5 Å². The van der Waals surface area contributed by atoms with Crippen LogP contribution in [0, 0.1) is 0 Å². The van der Waals surface area contributed by atoms with Crippen LogP contribution >= 0.6 is 0 Å². The molecule has 0 unspecified atom stereocenters. The Hall–Kier alpha value is -1.67. The lowest BCUT2D eigenvalue weighted by atomic mass is 10.2. The first-order chi connectivity index (χ1) is 10.1. The van der Waals surface area contributed by atoms with Gasteiger partial charge in [-0.2, -0.15) is 15.0 Å². The summed E-state index contributed by atoms with van der Waals surface area (Å²) in [7, 11) is 5.95. The molecule has 1 fully saturated rings. The summed E-state index contributed by atoms with van der Waals surface area (Å²) >= 11 is 0. The van der Waals surface area contributed by atoms with Gasteiger partial charge in [-0.1, -0.05) is 12.8 Å². The van der Waals surface area contributed by atoms with Gasteiger partial charge in [0.15, 0.2) is 0 Å². The first-order valence-corrected chi connectivity index (χ1v) is 7.44. The van der Waals surface area contributed by atoms with Crippen LogP contribution in [-0.4, -0.2) is 60.1 Å². The van der Waals surface area contributed by atoms with E-state index in [0.717, 1.165) is 19.1 Å². The van der Waals surface area contributed by atoms with Crippen LogP contribution in [0.25, 0.3) is 0 Å². The Morgan fingerprint density at radius 3 is 2.38 bits per heavy atom. The minimum atomic E-state index is 0.361. The third-order valence-corrected chi connectivity index (χ3v) is 3.85. The van der Waals surface area contributed by atoms with Crippen molar-refractivity contribution >= 4 is 17.8 Å². The standard InChI is InChI=1S/C13H26N8/c1-20(2)13-17-11(16-12(18-13)19-14)15-8-9-21(3)10-6-4-5-7-10/h10H,4-9,14H2,1-3H3,(H2,15,16,17,18,19). The Bertz CT molecular complexity index is 444. The number of anilines is 3. The minimum absolute atomic E-state index is 0.361. The van der Waals surface area contributed by atoms with E-state index < -0.39 is 0 Å². The fraction of sp³-hybridized carbons (Fsp3) is 0.769. The topological polar surface area (TPSA) is 95.2 Å². The zero-order chi connectivity index (χ0) is 15.2. The number of nitrogen functional groups attached to an aromatic ring is 1. The fourth-order valence-corrected chi connectivity index (χ4v) is 2.58. The Labute approximate surface area is 126 Å². The van der Waals surface area contributed by atoms with E-state index in [0.29, 0.717) is 17.8 Å². The van der Waals surface area contributed by atoms with Crippen molar-refractivity contribution in [3.63, 3.8) is 0 Å². The summed E-state index contributed by atoms with van der Waals surface area (Å²) in [4.78, 5) is 17.0. The molecule has 0 aromatic carbocycles. The number of aromatic nitrogens is 3. The van der Waals surface area contributed by atoms with E-state index in [9.17, 15) is 0 Å². The molecule has 118 valence electrons. The van der Waals surface area contributed by atoms with Crippen LogP contribution in [0.1, 0.15) is 25.7 Å². The maximum atomic E-state index is 5.39. The second kappa shape index (κ2) is 7.37. The number of nitrogens with zero attached hydrogens (tertiary/aromatic N) is 5. The number of nitrogens with one attached hydrogen (secondary N) is 2. The molecule has 0 radical (unpaired) electrons. The highest BCUT2D eigenvalue weighted by Crippen LogP contribution is 2.22. The predicted molar refractivity (Wildman–Crippen MR) is 85.3 cm³/mol. The molecule has 2 rings (SSSR count). The van der Waals surface area contributed by atoms with Crippen molar-refractivity contribution in [1.82, 2.24) is 19.9 Å². The molecule has 1 heterocycles. The van der Waals surface area contributed by atoms with E-state index in [1.54, 1.807) is 0 Å². The van der Waals surface area contributed by atoms with Crippen LogP contribution in [0.5, 0.6) is 0 Å². The summed E-state index contributed by atoms with van der Waals surface area (Å²) in [6.45, 7) is 1.77. The van der Waals surface area contributed by atoms with Gasteiger partial charge in [-0.3, -0.25) is 5.43 Å². The third-order valence-electron chi connectivity index (χ3n) is 3.85. The van der Waals surface area contributed by atoms with Crippen molar-refractivity contribution in [1.29, 1.82) is 0 Å². The lowest BCUT2D eigenvalue weighted by Crippen LogP contribution is -2.33. The Kier molecular flexibility index (Phi) is 5.51. The predicted octanol–water partition coefficient (Wildman–Crippen LogP) is 0.510. The van der Waals surface area contributed by atoms with E-state index in [1.807, 2.05) is 19.0 Å². The highest BCUT2D eigenvalue weighted by Gasteiger charge is 2.18. The van der Waals surface area contributed by atoms with Gasteiger partial charge in [-0.25, -0.2) is 5.84 Å². The van der Waals surface area contributed by atoms with Crippen LogP contribution in [0.2, 0.25) is 0 Å². The number of hydrazine groups is 1. The fourth-order valence-electron chi connectivity index (χ4n) is 2.58. The summed E-state index contributed by atoms with van der Waals surface area (Å²) in [5.41, 5.74) is 2.47. The average molecular weight is 294 g/mol. The molecule has 0 saturated heterocycles. The number of hydrogen-bond acceptors (Lipinski definition) is 8. The number of rotatable bonds is 7. The zero-order valence-corrected chi connectivity index (χ0v) is 13.1. The monoisotopic (exact) mass is 294 g/mol. The molecule has 0 spiro atoms. The molecule has 0 bridgehead atoms. The van der Waals surface area contributed by atoms with Gasteiger partial charge in [0.25, 0.3) is 0 Å². The molecule has 8 heteroatoms. The highest BCUT2D eigenvalue weighted by atomic mass is 15.4. The van der Waals surface area contributed by atoms with Crippen LogP contribution in [-0.2, 0) is 0 Å². The van der Waals surface area contributed by atoms with E-state index in [-0.39, 0.29) is 0 Å². The minimum Gasteiger partial charge on any atom is -0.353 e. The number of hydrogen-bond donors (Lipinski definition) is 3. The van der Waals surface area contributed by atoms with Gasteiger partial charge in [0.1, 0.15) is 0 Å². The molecule has 4 N–H and O–H groups in total. The molecule has 1 aromatic heterocycles. The summed E-state index contributed by atoms with van der Waals surface area (Å²) in [6, 6.07) is 0.726. The summed E-state index contributed by atoms with van der Waals surface area (Å²) in [5.74, 6) is 6.87. The molecule has 8 nitrogen and oxygen atoms in total. The van der Waals surface area contributed by atoms with Crippen LogP contribution in [0.15, 0.2) is 0 Å². The molecule has 0 aliphatic heterocycles. The molecule has 1 aliphatic carbocycles. The third kappa shape index (κ3) is 4.40. The highest BCUT2D eigenvalue weighted by molar-refractivity contribution is 5.42. The molecular formula is C13H26N8. The molecule has 0 atom stereocenters. The first-order valence-electron chi connectivity index (χ1n) is 7.44. The summed E-state index contributed by atoms with van der Waals surface area (Å²) in [5, 5.41) is 3.24. The number of nitrogens with two attached hydrogens (primary N) is 1. The largest absolute Gasteiger partial charge is 0.353 e. The van der Waals surface area contributed by atoms with E-state index >= 15 is 0 Å². The Morgan fingerprint density at radius 2 is 1.76 bits per heavy atom. The normalized spacial score (nSPS) is 15.5. The Morgan fingerprint density at radius 1 is 1.10 bits per heavy atom. The van der Waals surface area contributed by atoms with E-state index in [2.05, 4.69) is 37.6 Å². The second-order valence-electron chi connectivity index (χ2n) is 5.67. The molecular weight excluding hydrogens is 268 g/mol. The molecule has 1 aromatic rings. The van der Waals surface area contributed by atoms with Crippen molar-refractivity contribution in [2.45, 2.75) is 31.7 Å². The maximum absolute atomic E-state index is 5.39. The maximum Gasteiger partial charge on any atom is 0.243 e. The van der Waals surface area contributed by atoms with E-state index in [4.69, 9.17) is 5.84 Å². The van der Waals surface area contributed by atoms with Crippen molar-refractivity contribution < 1.29 is 0 Å². The van der Waals surface area contributed by atoms with Crippen molar-refractivity contribution in [3.05, 3.63) is 0 Å². The van der Waals surface area contributed by atoms with Gasteiger partial charge in [-0.05, 0) is 19.9 Å². The Balaban J connectivity index is 1.88. The first kappa shape index (κ1) is 15.7. The molecule has 21 heavy (non-hydrogen) atoms. The van der Waals surface area contributed by atoms with Gasteiger partial charge < -0.3 is 15.1 Å². The molecule has 1 aliphatic rings. The van der Waals surface area contributed by atoms with Gasteiger partial charge in [0.05, 0.1) is 0 Å². The van der Waals surface area contributed by atoms with Crippen molar-refractivity contribution in [3.8, 4) is 0 Å². The smallest absolute Gasteiger partial charge is 0.243 e. The van der Waals surface area contributed by atoms with Gasteiger partial charge >= 0.3 is 0 Å². The lowest BCUT2D eigenvalue weighted by molar-refractivity contribution is 0.254. The number of likely N-dealkylation sites (N-methyl/N-ethyl adjacent to an activating group) is 1. The second-order valence-corrected chi connectivity index (χ2v) is 5.67. The van der Waals surface area contributed by atoms with Gasteiger partial charge in [-0.15, -0.1) is 0 Å². The molecule has 0 amide bonds. The lowest BCUT2D eigenvalue weighted by Gasteiger charge is -2.24. The van der Waals surface area contributed by atoms with Crippen molar-refractivity contribution in [2.75, 3.05) is 49.9 Å². The molecule has 1 saturated carbocycles. The van der Waals surface area contributed by atoms with Gasteiger partial charge in [0, 0.05) is 33.2 Å². The van der Waals surface area contributed by atoms with Gasteiger partial charge in [0.2, 0.25) is 17.8 Å². The van der Waals surface area contributed by atoms with Crippen molar-refractivity contribution in [2.24, 2.45) is 5.84 Å². The van der Waals surface area contributed by atoms with Crippen LogP contribution in [0.4, 0.5) is 17.8 Å². The summed E-state index contributed by atoms with van der Waals surface area (Å²) in [6.07, 6.45) is 5.34. The average Bonchev–Trinajstić information content (AvgIpc) is 3.01.